The molecule has 21 heavy (non-hydrogen) atoms. The van der Waals surface area contributed by atoms with E-state index in [4.69, 9.17) is 9.47 Å². The van der Waals surface area contributed by atoms with Crippen molar-refractivity contribution < 1.29 is 14.6 Å². The smallest absolute Gasteiger partial charge is 0.0897 e. The Morgan fingerprint density at radius 1 is 1.14 bits per heavy atom. The van der Waals surface area contributed by atoms with Crippen LogP contribution in [-0.2, 0) is 9.47 Å². The minimum atomic E-state index is -0.419. The third kappa shape index (κ3) is 9.46. The summed E-state index contributed by atoms with van der Waals surface area (Å²) in [5.41, 5.74) is 0. The Morgan fingerprint density at radius 3 is 2.48 bits per heavy atom. The van der Waals surface area contributed by atoms with Gasteiger partial charge in [0.25, 0.3) is 0 Å². The maximum absolute atomic E-state index is 9.90. The summed E-state index contributed by atoms with van der Waals surface area (Å²) in [6, 6.07) is 0.581. The van der Waals surface area contributed by atoms with E-state index in [1.807, 2.05) is 13.8 Å². The summed E-state index contributed by atoms with van der Waals surface area (Å²) in [4.78, 5) is 0. The zero-order valence-electron chi connectivity index (χ0n) is 14.1. The molecule has 2 N–H and O–H groups in total. The standard InChI is InChI=1S/C17H35NO3/c1-4-5-15-6-8-16(9-7-15)18-12-17(19)13-20-10-11-21-14(2)3/h14-19H,4-13H2,1-3H3. The van der Waals surface area contributed by atoms with Crippen molar-refractivity contribution in [1.82, 2.24) is 5.32 Å². The van der Waals surface area contributed by atoms with Gasteiger partial charge >= 0.3 is 0 Å². The van der Waals surface area contributed by atoms with Gasteiger partial charge in [-0.2, -0.15) is 0 Å². The number of aliphatic hydroxyl groups excluding tert-OH is 1. The molecule has 0 radical (unpaired) electrons. The molecule has 4 nitrogen and oxygen atoms in total. The fourth-order valence-electron chi connectivity index (χ4n) is 2.99. The summed E-state index contributed by atoms with van der Waals surface area (Å²) in [6.07, 6.45) is 7.68. The first-order chi connectivity index (χ1) is 10.1. The lowest BCUT2D eigenvalue weighted by molar-refractivity contribution is -0.0108. The lowest BCUT2D eigenvalue weighted by Gasteiger charge is -2.29. The predicted octanol–water partition coefficient (Wildman–Crippen LogP) is 2.74. The van der Waals surface area contributed by atoms with Crippen LogP contribution < -0.4 is 5.32 Å². The van der Waals surface area contributed by atoms with Crippen LogP contribution in [0.15, 0.2) is 0 Å². The van der Waals surface area contributed by atoms with Gasteiger partial charge in [0.05, 0.1) is 32.0 Å². The maximum Gasteiger partial charge on any atom is 0.0897 e. The minimum absolute atomic E-state index is 0.239. The van der Waals surface area contributed by atoms with Gasteiger partial charge < -0.3 is 19.9 Å². The van der Waals surface area contributed by atoms with Crippen LogP contribution in [0.5, 0.6) is 0 Å². The van der Waals surface area contributed by atoms with Gasteiger partial charge in [-0.3, -0.25) is 0 Å². The van der Waals surface area contributed by atoms with Crippen LogP contribution in [0.25, 0.3) is 0 Å². The van der Waals surface area contributed by atoms with Crippen LogP contribution in [0.2, 0.25) is 0 Å². The summed E-state index contributed by atoms with van der Waals surface area (Å²) < 4.78 is 10.8. The highest BCUT2D eigenvalue weighted by Gasteiger charge is 2.20. The zero-order valence-corrected chi connectivity index (χ0v) is 14.1. The van der Waals surface area contributed by atoms with Crippen molar-refractivity contribution in [2.75, 3.05) is 26.4 Å². The Hall–Kier alpha value is -0.160. The van der Waals surface area contributed by atoms with Crippen molar-refractivity contribution in [2.24, 2.45) is 5.92 Å². The molecular formula is C17H35NO3. The molecule has 0 aromatic carbocycles. The molecule has 0 spiro atoms. The van der Waals surface area contributed by atoms with Crippen LogP contribution >= 0.6 is 0 Å². The van der Waals surface area contributed by atoms with E-state index in [0.29, 0.717) is 32.4 Å². The molecule has 1 aliphatic rings. The van der Waals surface area contributed by atoms with Gasteiger partial charge in [0.2, 0.25) is 0 Å². The lowest BCUT2D eigenvalue weighted by Crippen LogP contribution is -2.39. The van der Waals surface area contributed by atoms with Crippen molar-refractivity contribution in [3.05, 3.63) is 0 Å². The molecule has 1 saturated carbocycles. The average molecular weight is 301 g/mol. The van der Waals surface area contributed by atoms with E-state index in [0.717, 1.165) is 5.92 Å². The number of ether oxygens (including phenoxy) is 2. The topological polar surface area (TPSA) is 50.7 Å². The lowest BCUT2D eigenvalue weighted by atomic mass is 9.83. The van der Waals surface area contributed by atoms with E-state index in [-0.39, 0.29) is 6.10 Å². The molecule has 1 unspecified atom stereocenters. The summed E-state index contributed by atoms with van der Waals surface area (Å²) in [6.45, 7) is 8.46. The van der Waals surface area contributed by atoms with Gasteiger partial charge in [0.1, 0.15) is 0 Å². The average Bonchev–Trinajstić information content (AvgIpc) is 2.46. The summed E-state index contributed by atoms with van der Waals surface area (Å²) in [5, 5.41) is 13.4. The van der Waals surface area contributed by atoms with E-state index < -0.39 is 6.10 Å². The molecule has 126 valence electrons. The van der Waals surface area contributed by atoms with Crippen LogP contribution in [0.1, 0.15) is 59.3 Å². The Morgan fingerprint density at radius 2 is 1.86 bits per heavy atom. The van der Waals surface area contributed by atoms with E-state index in [9.17, 15) is 5.11 Å². The predicted molar refractivity (Wildman–Crippen MR) is 86.6 cm³/mol. The molecule has 0 heterocycles. The molecule has 0 aliphatic heterocycles. The van der Waals surface area contributed by atoms with Gasteiger partial charge in [0, 0.05) is 12.6 Å². The van der Waals surface area contributed by atoms with Crippen LogP contribution in [-0.4, -0.2) is 49.7 Å². The van der Waals surface area contributed by atoms with Gasteiger partial charge in [-0.15, -0.1) is 0 Å². The molecule has 1 atom stereocenters. The summed E-state index contributed by atoms with van der Waals surface area (Å²) in [7, 11) is 0. The van der Waals surface area contributed by atoms with Gasteiger partial charge in [-0.05, 0) is 45.4 Å². The Balaban J connectivity index is 1.97. The highest BCUT2D eigenvalue weighted by molar-refractivity contribution is 4.77. The zero-order chi connectivity index (χ0) is 15.5. The second kappa shape index (κ2) is 11.4. The molecule has 4 heteroatoms. The Kier molecular flexibility index (Phi) is 10.3. The third-order valence-electron chi connectivity index (χ3n) is 4.17. The van der Waals surface area contributed by atoms with Crippen LogP contribution in [0.3, 0.4) is 0 Å². The molecule has 1 aliphatic carbocycles. The molecular weight excluding hydrogens is 266 g/mol. The van der Waals surface area contributed by atoms with Gasteiger partial charge in [0.15, 0.2) is 0 Å². The van der Waals surface area contributed by atoms with Crippen molar-refractivity contribution in [3.63, 3.8) is 0 Å². The summed E-state index contributed by atoms with van der Waals surface area (Å²) >= 11 is 0. The minimum Gasteiger partial charge on any atom is -0.389 e. The molecule has 1 rings (SSSR count). The van der Waals surface area contributed by atoms with Crippen molar-refractivity contribution in [3.8, 4) is 0 Å². The quantitative estimate of drug-likeness (QED) is 0.576. The number of hydrogen-bond donors (Lipinski definition) is 2. The molecule has 0 bridgehead atoms. The normalized spacial score (nSPS) is 24.4. The molecule has 0 aromatic heterocycles. The SMILES string of the molecule is CCCC1CCC(NCC(O)COCCOC(C)C)CC1. The third-order valence-corrected chi connectivity index (χ3v) is 4.17. The number of nitrogens with one attached hydrogen (secondary N) is 1. The van der Waals surface area contributed by atoms with E-state index in [1.165, 1.54) is 38.5 Å². The first kappa shape index (κ1) is 18.9. The molecule has 0 amide bonds. The van der Waals surface area contributed by atoms with Crippen LogP contribution in [0, 0.1) is 5.92 Å². The molecule has 1 fully saturated rings. The molecule has 0 aromatic rings. The fourth-order valence-corrected chi connectivity index (χ4v) is 2.99. The highest BCUT2D eigenvalue weighted by atomic mass is 16.5. The fraction of sp³-hybridized carbons (Fsp3) is 1.00. The maximum atomic E-state index is 9.90. The van der Waals surface area contributed by atoms with E-state index >= 15 is 0 Å². The Bertz CT molecular complexity index is 240. The summed E-state index contributed by atoms with van der Waals surface area (Å²) in [5.74, 6) is 0.933. The van der Waals surface area contributed by atoms with E-state index in [2.05, 4.69) is 12.2 Å². The first-order valence-corrected chi connectivity index (χ1v) is 8.72. The van der Waals surface area contributed by atoms with Crippen molar-refractivity contribution >= 4 is 0 Å². The van der Waals surface area contributed by atoms with Crippen molar-refractivity contribution in [1.29, 1.82) is 0 Å². The highest BCUT2D eigenvalue weighted by Crippen LogP contribution is 2.27. The van der Waals surface area contributed by atoms with E-state index in [1.54, 1.807) is 0 Å². The molecule has 0 saturated heterocycles. The van der Waals surface area contributed by atoms with Gasteiger partial charge in [-0.1, -0.05) is 19.8 Å². The number of aliphatic hydroxyl groups is 1. The first-order valence-electron chi connectivity index (χ1n) is 8.72. The van der Waals surface area contributed by atoms with Crippen LogP contribution in [0.4, 0.5) is 0 Å². The number of hydrogen-bond acceptors (Lipinski definition) is 4. The second-order valence-electron chi connectivity index (χ2n) is 6.56. The van der Waals surface area contributed by atoms with Gasteiger partial charge in [-0.25, -0.2) is 0 Å². The second-order valence-corrected chi connectivity index (χ2v) is 6.56. The monoisotopic (exact) mass is 301 g/mol. The largest absolute Gasteiger partial charge is 0.389 e. The van der Waals surface area contributed by atoms with Crippen molar-refractivity contribution in [2.45, 2.75) is 77.5 Å². The Labute approximate surface area is 130 Å². The number of rotatable bonds is 11.